The summed E-state index contributed by atoms with van der Waals surface area (Å²) in [6.07, 6.45) is 2.93. The summed E-state index contributed by atoms with van der Waals surface area (Å²) in [5, 5.41) is 11.7. The molecular weight excluding hydrogens is 242 g/mol. The molecule has 96 valence electrons. The fourth-order valence-corrected chi connectivity index (χ4v) is 1.60. The number of methoxy groups -OCH3 is 1. The van der Waals surface area contributed by atoms with Gasteiger partial charge >= 0.3 is 0 Å². The number of nitrogen functional groups attached to an aromatic ring is 1. The predicted molar refractivity (Wildman–Crippen MR) is 71.5 cm³/mol. The molecule has 0 saturated carbocycles. The van der Waals surface area contributed by atoms with Gasteiger partial charge in [0.2, 0.25) is 0 Å². The first kappa shape index (κ1) is 12.6. The fourth-order valence-electron chi connectivity index (χ4n) is 1.60. The molecule has 1 aromatic carbocycles. The van der Waals surface area contributed by atoms with E-state index in [1.165, 1.54) is 12.4 Å². The summed E-state index contributed by atoms with van der Waals surface area (Å²) < 4.78 is 5.25. The second-order valence-corrected chi connectivity index (χ2v) is 3.82. The molecule has 0 unspecified atom stereocenters. The van der Waals surface area contributed by atoms with Crippen LogP contribution in [0.25, 0.3) is 0 Å². The van der Waals surface area contributed by atoms with Gasteiger partial charge in [0.1, 0.15) is 17.6 Å². The molecule has 0 aliphatic heterocycles. The van der Waals surface area contributed by atoms with E-state index in [1.807, 2.05) is 18.2 Å². The molecule has 0 bridgehead atoms. The maximum Gasteiger partial charge on any atom is 0.158 e. The van der Waals surface area contributed by atoms with Crippen LogP contribution in [0, 0.1) is 11.3 Å². The second-order valence-electron chi connectivity index (χ2n) is 3.82. The summed E-state index contributed by atoms with van der Waals surface area (Å²) in [6.45, 7) is 0.509. The number of hydrogen-bond donors (Lipinski definition) is 2. The molecule has 1 aromatic heterocycles. The minimum Gasteiger partial charge on any atom is -0.496 e. The Hall–Kier alpha value is -2.81. The van der Waals surface area contributed by atoms with E-state index in [9.17, 15) is 0 Å². The minimum absolute atomic E-state index is 0.284. The van der Waals surface area contributed by atoms with Gasteiger partial charge in [0.05, 0.1) is 19.5 Å². The van der Waals surface area contributed by atoms with Crippen LogP contribution in [0.2, 0.25) is 0 Å². The van der Waals surface area contributed by atoms with Gasteiger partial charge in [0.25, 0.3) is 0 Å². The Bertz CT molecular complexity index is 603. The monoisotopic (exact) mass is 255 g/mol. The first-order valence-electron chi connectivity index (χ1n) is 5.61. The van der Waals surface area contributed by atoms with Crippen molar-refractivity contribution in [3.8, 4) is 11.8 Å². The zero-order valence-corrected chi connectivity index (χ0v) is 10.4. The van der Waals surface area contributed by atoms with Crippen molar-refractivity contribution in [3.63, 3.8) is 0 Å². The average Bonchev–Trinajstić information content (AvgIpc) is 2.46. The summed E-state index contributed by atoms with van der Waals surface area (Å²) in [7, 11) is 1.61. The first-order chi connectivity index (χ1) is 9.22. The van der Waals surface area contributed by atoms with Crippen LogP contribution in [0.4, 0.5) is 11.5 Å². The maximum absolute atomic E-state index is 8.63. The van der Waals surface area contributed by atoms with Crippen LogP contribution in [-0.2, 0) is 6.54 Å². The molecule has 6 heteroatoms. The van der Waals surface area contributed by atoms with Gasteiger partial charge in [0.15, 0.2) is 5.69 Å². The molecule has 0 aliphatic carbocycles. The average molecular weight is 255 g/mol. The summed E-state index contributed by atoms with van der Waals surface area (Å²) in [5.74, 6) is 1.34. The number of anilines is 2. The molecular formula is C13H13N5O. The highest BCUT2D eigenvalue weighted by Gasteiger charge is 2.04. The minimum atomic E-state index is 0.284. The third-order valence-corrected chi connectivity index (χ3v) is 2.53. The number of nitrogens with one attached hydrogen (secondary N) is 1. The summed E-state index contributed by atoms with van der Waals surface area (Å²) in [6, 6.07) is 7.35. The van der Waals surface area contributed by atoms with E-state index < -0.39 is 0 Å². The molecule has 1 heterocycles. The Morgan fingerprint density at radius 2 is 2.21 bits per heavy atom. The van der Waals surface area contributed by atoms with E-state index >= 15 is 0 Å². The molecule has 2 rings (SSSR count). The highest BCUT2D eigenvalue weighted by molar-refractivity contribution is 5.49. The molecule has 2 aromatic rings. The molecule has 6 nitrogen and oxygen atoms in total. The standard InChI is InChI=1S/C13H13N5O/c1-19-12-3-2-10(15)4-9(12)6-17-13-8-16-11(5-14)7-18-13/h2-4,7-8H,6,15H2,1H3,(H,17,18). The van der Waals surface area contributed by atoms with E-state index in [0.717, 1.165) is 11.3 Å². The molecule has 0 aliphatic rings. The zero-order chi connectivity index (χ0) is 13.7. The number of hydrogen-bond acceptors (Lipinski definition) is 6. The van der Waals surface area contributed by atoms with E-state index in [0.29, 0.717) is 18.1 Å². The van der Waals surface area contributed by atoms with Crippen LogP contribution in [0.3, 0.4) is 0 Å². The van der Waals surface area contributed by atoms with Gasteiger partial charge in [-0.15, -0.1) is 0 Å². The lowest BCUT2D eigenvalue weighted by molar-refractivity contribution is 0.410. The van der Waals surface area contributed by atoms with Crippen molar-refractivity contribution >= 4 is 11.5 Å². The third kappa shape index (κ3) is 3.10. The van der Waals surface area contributed by atoms with Gasteiger partial charge in [-0.05, 0) is 18.2 Å². The Labute approximate surface area is 110 Å². The molecule has 19 heavy (non-hydrogen) atoms. The number of nitrogens with two attached hydrogens (primary N) is 1. The molecule has 0 atom stereocenters. The largest absolute Gasteiger partial charge is 0.496 e. The Kier molecular flexibility index (Phi) is 3.78. The molecule has 0 spiro atoms. The van der Waals surface area contributed by atoms with Crippen LogP contribution in [0.15, 0.2) is 30.6 Å². The Balaban J connectivity index is 2.09. The number of nitriles is 1. The predicted octanol–water partition coefficient (Wildman–Crippen LogP) is 1.55. The first-order valence-corrected chi connectivity index (χ1v) is 5.61. The maximum atomic E-state index is 8.63. The summed E-state index contributed by atoms with van der Waals surface area (Å²) in [5.41, 5.74) is 7.62. The van der Waals surface area contributed by atoms with Crippen molar-refractivity contribution in [2.45, 2.75) is 6.54 Å². The van der Waals surface area contributed by atoms with Gasteiger partial charge in [-0.25, -0.2) is 9.97 Å². The van der Waals surface area contributed by atoms with Crippen molar-refractivity contribution in [2.75, 3.05) is 18.2 Å². The van der Waals surface area contributed by atoms with Crippen molar-refractivity contribution in [3.05, 3.63) is 41.9 Å². The number of nitrogens with zero attached hydrogens (tertiary/aromatic N) is 3. The molecule has 0 fully saturated rings. The number of ether oxygens (including phenoxy) is 1. The third-order valence-electron chi connectivity index (χ3n) is 2.53. The smallest absolute Gasteiger partial charge is 0.158 e. The molecule has 0 radical (unpaired) electrons. The van der Waals surface area contributed by atoms with Crippen molar-refractivity contribution in [1.82, 2.24) is 9.97 Å². The Morgan fingerprint density at radius 1 is 1.37 bits per heavy atom. The van der Waals surface area contributed by atoms with Gasteiger partial charge in [-0.3, -0.25) is 0 Å². The summed E-state index contributed by atoms with van der Waals surface area (Å²) >= 11 is 0. The van der Waals surface area contributed by atoms with E-state index in [-0.39, 0.29) is 5.69 Å². The fraction of sp³-hybridized carbons (Fsp3) is 0.154. The lowest BCUT2D eigenvalue weighted by Crippen LogP contribution is -2.04. The molecule has 0 amide bonds. The van der Waals surface area contributed by atoms with Crippen LogP contribution >= 0.6 is 0 Å². The summed E-state index contributed by atoms with van der Waals surface area (Å²) in [4.78, 5) is 8.00. The lowest BCUT2D eigenvalue weighted by atomic mass is 10.2. The van der Waals surface area contributed by atoms with E-state index in [2.05, 4.69) is 15.3 Å². The van der Waals surface area contributed by atoms with Crippen molar-refractivity contribution in [2.24, 2.45) is 0 Å². The van der Waals surface area contributed by atoms with Crippen molar-refractivity contribution in [1.29, 1.82) is 5.26 Å². The van der Waals surface area contributed by atoms with Crippen LogP contribution < -0.4 is 15.8 Å². The lowest BCUT2D eigenvalue weighted by Gasteiger charge is -2.10. The quantitative estimate of drug-likeness (QED) is 0.804. The van der Waals surface area contributed by atoms with Gasteiger partial charge in [-0.2, -0.15) is 5.26 Å². The topological polar surface area (TPSA) is 96.9 Å². The highest BCUT2D eigenvalue weighted by atomic mass is 16.5. The molecule has 0 saturated heterocycles. The van der Waals surface area contributed by atoms with Crippen LogP contribution in [0.1, 0.15) is 11.3 Å². The van der Waals surface area contributed by atoms with Gasteiger partial charge < -0.3 is 15.8 Å². The normalized spacial score (nSPS) is 9.68. The SMILES string of the molecule is COc1ccc(N)cc1CNc1cnc(C#N)cn1. The van der Waals surface area contributed by atoms with Crippen molar-refractivity contribution < 1.29 is 4.74 Å². The van der Waals surface area contributed by atoms with Crippen LogP contribution in [-0.4, -0.2) is 17.1 Å². The van der Waals surface area contributed by atoms with E-state index in [1.54, 1.807) is 13.2 Å². The molecule has 3 N–H and O–H groups in total. The van der Waals surface area contributed by atoms with Crippen LogP contribution in [0.5, 0.6) is 5.75 Å². The Morgan fingerprint density at radius 3 is 2.84 bits per heavy atom. The second kappa shape index (κ2) is 5.69. The number of benzene rings is 1. The highest BCUT2D eigenvalue weighted by Crippen LogP contribution is 2.21. The van der Waals surface area contributed by atoms with E-state index in [4.69, 9.17) is 15.7 Å². The number of aromatic nitrogens is 2. The van der Waals surface area contributed by atoms with Gasteiger partial charge in [-0.1, -0.05) is 0 Å². The number of rotatable bonds is 4. The zero-order valence-electron chi connectivity index (χ0n) is 10.4. The van der Waals surface area contributed by atoms with Gasteiger partial charge in [0, 0.05) is 17.8 Å².